The quantitative estimate of drug-likeness (QED) is 0.714. The van der Waals surface area contributed by atoms with Gasteiger partial charge in [-0.05, 0) is 18.1 Å². The van der Waals surface area contributed by atoms with E-state index in [1.165, 1.54) is 6.66 Å². The summed E-state index contributed by atoms with van der Waals surface area (Å²) in [5.41, 5.74) is 7.71. The van der Waals surface area contributed by atoms with Crippen LogP contribution in [0.5, 0.6) is 0 Å². The van der Waals surface area contributed by atoms with E-state index in [9.17, 15) is 9.46 Å². The summed E-state index contributed by atoms with van der Waals surface area (Å²) in [6.45, 7) is 1.30. The first-order valence-electron chi connectivity index (χ1n) is 5.09. The Bertz CT molecular complexity index is 544. The molecular weight excluding hydrogens is 223 g/mol. The van der Waals surface area contributed by atoms with Gasteiger partial charge in [-0.25, -0.2) is 0 Å². The van der Waals surface area contributed by atoms with Crippen molar-refractivity contribution in [2.45, 2.75) is 12.2 Å². The largest absolute Gasteiger partial charge is 0.361 e. The third kappa shape index (κ3) is 2.19. The molecule has 0 aliphatic rings. The number of hydrogen-bond donors (Lipinski definition) is 3. The van der Waals surface area contributed by atoms with E-state index < -0.39 is 13.2 Å². The van der Waals surface area contributed by atoms with Gasteiger partial charge in [-0.15, -0.1) is 0 Å². The Balaban J connectivity index is 2.32. The minimum Gasteiger partial charge on any atom is -0.361 e. The highest BCUT2D eigenvalue weighted by molar-refractivity contribution is 7.57. The number of nitrogens with two attached hydrogens (primary N) is 1. The zero-order valence-electron chi connectivity index (χ0n) is 9.05. The Morgan fingerprint density at radius 1 is 1.50 bits per heavy atom. The van der Waals surface area contributed by atoms with E-state index >= 15 is 0 Å². The second-order valence-corrected chi connectivity index (χ2v) is 6.62. The van der Waals surface area contributed by atoms with E-state index in [1.807, 2.05) is 30.5 Å². The number of aromatic nitrogens is 1. The van der Waals surface area contributed by atoms with Crippen molar-refractivity contribution in [3.05, 3.63) is 36.0 Å². The molecule has 0 bridgehead atoms. The Labute approximate surface area is 93.9 Å². The lowest BCUT2D eigenvalue weighted by Crippen LogP contribution is -2.22. The lowest BCUT2D eigenvalue weighted by atomic mass is 10.1. The van der Waals surface area contributed by atoms with Crippen LogP contribution in [0.2, 0.25) is 0 Å². The Morgan fingerprint density at radius 2 is 2.19 bits per heavy atom. The van der Waals surface area contributed by atoms with Gasteiger partial charge in [0, 0.05) is 23.8 Å². The molecule has 0 aliphatic carbocycles. The molecule has 2 atom stereocenters. The molecule has 2 aromatic rings. The first-order valence-corrected chi connectivity index (χ1v) is 7.26. The van der Waals surface area contributed by atoms with Gasteiger partial charge in [-0.2, -0.15) is 0 Å². The Hall–Kier alpha value is -1.09. The SMILES string of the molecule is CP(=O)(O)C(N)Cc1c[nH]c2ccccc12. The summed E-state index contributed by atoms with van der Waals surface area (Å²) in [4.78, 5) is 12.5. The van der Waals surface area contributed by atoms with Gasteiger partial charge in [-0.3, -0.25) is 4.57 Å². The molecule has 16 heavy (non-hydrogen) atoms. The van der Waals surface area contributed by atoms with Crippen molar-refractivity contribution >= 4 is 18.3 Å². The molecule has 4 N–H and O–H groups in total. The monoisotopic (exact) mass is 238 g/mol. The van der Waals surface area contributed by atoms with E-state index in [4.69, 9.17) is 5.73 Å². The first kappa shape index (κ1) is 11.4. The zero-order chi connectivity index (χ0) is 11.8. The van der Waals surface area contributed by atoms with Crippen LogP contribution in [0.1, 0.15) is 5.56 Å². The lowest BCUT2D eigenvalue weighted by Gasteiger charge is -2.14. The van der Waals surface area contributed by atoms with Gasteiger partial charge in [0.25, 0.3) is 0 Å². The van der Waals surface area contributed by atoms with Crippen molar-refractivity contribution in [3.8, 4) is 0 Å². The maximum absolute atomic E-state index is 11.4. The molecule has 2 unspecified atom stereocenters. The van der Waals surface area contributed by atoms with Gasteiger partial charge in [-0.1, -0.05) is 18.2 Å². The molecule has 0 fully saturated rings. The molecule has 1 aromatic heterocycles. The van der Waals surface area contributed by atoms with Gasteiger partial charge in [0.2, 0.25) is 7.37 Å². The normalized spacial score (nSPS) is 17.2. The predicted molar refractivity (Wildman–Crippen MR) is 65.7 cm³/mol. The molecule has 0 saturated heterocycles. The van der Waals surface area contributed by atoms with E-state index in [-0.39, 0.29) is 0 Å². The van der Waals surface area contributed by atoms with Crippen molar-refractivity contribution in [1.29, 1.82) is 0 Å². The second kappa shape index (κ2) is 4.06. The van der Waals surface area contributed by atoms with Crippen LogP contribution >= 0.6 is 7.37 Å². The molecular formula is C11H15N2O2P. The van der Waals surface area contributed by atoms with Crippen LogP contribution in [0, 0.1) is 0 Å². The number of hydrogen-bond acceptors (Lipinski definition) is 2. The van der Waals surface area contributed by atoms with Crippen LogP contribution in [-0.2, 0) is 11.0 Å². The second-order valence-electron chi connectivity index (χ2n) is 4.07. The van der Waals surface area contributed by atoms with Crippen LogP contribution in [0.15, 0.2) is 30.5 Å². The van der Waals surface area contributed by atoms with Crippen LogP contribution in [0.4, 0.5) is 0 Å². The Kier molecular flexibility index (Phi) is 2.89. The van der Waals surface area contributed by atoms with E-state index in [2.05, 4.69) is 4.98 Å². The molecule has 5 heteroatoms. The molecule has 0 saturated carbocycles. The van der Waals surface area contributed by atoms with Crippen molar-refractivity contribution in [2.75, 3.05) is 6.66 Å². The van der Waals surface area contributed by atoms with Gasteiger partial charge < -0.3 is 15.6 Å². The smallest absolute Gasteiger partial charge is 0.214 e. The summed E-state index contributed by atoms with van der Waals surface area (Å²) in [7, 11) is -3.21. The molecule has 4 nitrogen and oxygen atoms in total. The molecule has 0 aliphatic heterocycles. The molecule has 1 heterocycles. The number of para-hydroxylation sites is 1. The van der Waals surface area contributed by atoms with Crippen molar-refractivity contribution in [1.82, 2.24) is 4.98 Å². The summed E-state index contributed by atoms with van der Waals surface area (Å²) in [5.74, 6) is -0.702. The summed E-state index contributed by atoms with van der Waals surface area (Å²) < 4.78 is 11.4. The first-order chi connectivity index (χ1) is 7.48. The molecule has 1 aromatic carbocycles. The number of H-pyrrole nitrogens is 1. The molecule has 2 rings (SSSR count). The number of benzene rings is 1. The van der Waals surface area contributed by atoms with E-state index in [0.29, 0.717) is 6.42 Å². The fourth-order valence-corrected chi connectivity index (χ4v) is 2.23. The number of rotatable bonds is 3. The topological polar surface area (TPSA) is 79.1 Å². The average Bonchev–Trinajstić information content (AvgIpc) is 2.61. The molecule has 0 amide bonds. The third-order valence-electron chi connectivity index (χ3n) is 2.72. The van der Waals surface area contributed by atoms with Crippen LogP contribution in [0.25, 0.3) is 10.9 Å². The summed E-state index contributed by atoms with van der Waals surface area (Å²) in [6, 6.07) is 7.83. The number of nitrogens with one attached hydrogen (secondary N) is 1. The van der Waals surface area contributed by atoms with Crippen molar-refractivity contribution in [3.63, 3.8) is 0 Å². The minimum atomic E-state index is -3.21. The highest BCUT2D eigenvalue weighted by atomic mass is 31.2. The van der Waals surface area contributed by atoms with Crippen molar-refractivity contribution < 1.29 is 9.46 Å². The maximum Gasteiger partial charge on any atom is 0.214 e. The average molecular weight is 238 g/mol. The van der Waals surface area contributed by atoms with Gasteiger partial charge in [0.15, 0.2) is 0 Å². The third-order valence-corrected chi connectivity index (χ3v) is 4.13. The van der Waals surface area contributed by atoms with Crippen LogP contribution < -0.4 is 5.73 Å². The van der Waals surface area contributed by atoms with Gasteiger partial charge in [0.1, 0.15) is 0 Å². The van der Waals surface area contributed by atoms with Crippen LogP contribution in [0.3, 0.4) is 0 Å². The molecule has 0 radical (unpaired) electrons. The van der Waals surface area contributed by atoms with E-state index in [0.717, 1.165) is 16.5 Å². The summed E-state index contributed by atoms with van der Waals surface area (Å²) in [6.07, 6.45) is 2.26. The summed E-state index contributed by atoms with van der Waals surface area (Å²) in [5, 5.41) is 1.06. The highest BCUT2D eigenvalue weighted by Crippen LogP contribution is 2.40. The van der Waals surface area contributed by atoms with Crippen molar-refractivity contribution in [2.24, 2.45) is 5.73 Å². The highest BCUT2D eigenvalue weighted by Gasteiger charge is 2.22. The van der Waals surface area contributed by atoms with Gasteiger partial charge >= 0.3 is 0 Å². The maximum atomic E-state index is 11.4. The fourth-order valence-electron chi connectivity index (χ4n) is 1.70. The Morgan fingerprint density at radius 3 is 2.88 bits per heavy atom. The minimum absolute atomic E-state index is 0.411. The predicted octanol–water partition coefficient (Wildman–Crippen LogP) is 1.90. The standard InChI is InChI=1S/C11H15N2O2P/c1-16(14,15)11(12)6-8-7-13-10-5-3-2-4-9(8)10/h2-5,7,11,13H,6,12H2,1H3,(H,14,15). The van der Waals surface area contributed by atoms with Gasteiger partial charge in [0.05, 0.1) is 5.78 Å². The number of fused-ring (bicyclic) bond motifs is 1. The zero-order valence-corrected chi connectivity index (χ0v) is 9.95. The fraction of sp³-hybridized carbons (Fsp3) is 0.273. The van der Waals surface area contributed by atoms with E-state index in [1.54, 1.807) is 0 Å². The molecule has 86 valence electrons. The molecule has 0 spiro atoms. The summed E-state index contributed by atoms with van der Waals surface area (Å²) >= 11 is 0. The number of aromatic amines is 1. The van der Waals surface area contributed by atoms with Crippen LogP contribution in [-0.4, -0.2) is 22.3 Å². The lowest BCUT2D eigenvalue weighted by molar-refractivity contribution is 0.469.